The summed E-state index contributed by atoms with van der Waals surface area (Å²) in [5, 5.41) is 9.51. The first-order chi connectivity index (χ1) is 10.8. The number of nitriles is 1. The van der Waals surface area contributed by atoms with E-state index in [1.165, 1.54) is 19.1 Å². The molecular weight excluding hydrogens is 312 g/mol. The summed E-state index contributed by atoms with van der Waals surface area (Å²) < 4.78 is 32.6. The van der Waals surface area contributed by atoms with E-state index in [0.29, 0.717) is 11.3 Å². The number of sulfonamides is 1. The first-order valence-electron chi connectivity index (χ1n) is 6.97. The van der Waals surface area contributed by atoms with Crippen molar-refractivity contribution in [3.63, 3.8) is 0 Å². The zero-order valence-corrected chi connectivity index (χ0v) is 14.0. The van der Waals surface area contributed by atoms with Crippen LogP contribution in [0.4, 0.5) is 0 Å². The third kappa shape index (κ3) is 3.70. The quantitative estimate of drug-likeness (QED) is 0.914. The van der Waals surface area contributed by atoms with Gasteiger partial charge in [0.1, 0.15) is 11.3 Å². The molecule has 0 aromatic heterocycles. The Balaban J connectivity index is 2.36. The molecule has 0 aliphatic rings. The molecule has 23 heavy (non-hydrogen) atoms. The molecule has 120 valence electrons. The Morgan fingerprint density at radius 2 is 1.65 bits per heavy atom. The number of aryl methyl sites for hydroxylation is 1. The van der Waals surface area contributed by atoms with Crippen molar-refractivity contribution in [1.29, 1.82) is 5.26 Å². The van der Waals surface area contributed by atoms with Crippen LogP contribution < -0.4 is 9.46 Å². The van der Waals surface area contributed by atoms with Gasteiger partial charge >= 0.3 is 0 Å². The first-order valence-corrected chi connectivity index (χ1v) is 8.45. The van der Waals surface area contributed by atoms with Crippen LogP contribution in [0, 0.1) is 18.3 Å². The zero-order valence-electron chi connectivity index (χ0n) is 13.2. The van der Waals surface area contributed by atoms with Gasteiger partial charge in [-0.15, -0.1) is 0 Å². The van der Waals surface area contributed by atoms with Gasteiger partial charge in [-0.05, 0) is 43.7 Å². The Morgan fingerprint density at radius 3 is 2.13 bits per heavy atom. The molecule has 0 saturated heterocycles. The van der Waals surface area contributed by atoms with Crippen LogP contribution in [0.25, 0.3) is 0 Å². The minimum absolute atomic E-state index is 0.123. The molecule has 0 aliphatic heterocycles. The number of nitrogens with zero attached hydrogens (tertiary/aromatic N) is 1. The van der Waals surface area contributed by atoms with Crippen LogP contribution in [0.1, 0.15) is 18.1 Å². The van der Waals surface area contributed by atoms with Crippen molar-refractivity contribution < 1.29 is 13.2 Å². The summed E-state index contributed by atoms with van der Waals surface area (Å²) in [6, 6.07) is 15.2. The molecule has 0 bridgehead atoms. The lowest BCUT2D eigenvalue weighted by Gasteiger charge is -2.23. The molecule has 1 N–H and O–H groups in total. The van der Waals surface area contributed by atoms with Crippen molar-refractivity contribution in [2.75, 3.05) is 7.11 Å². The molecule has 0 radical (unpaired) electrons. The van der Waals surface area contributed by atoms with E-state index in [1.54, 1.807) is 43.5 Å². The molecule has 2 aromatic rings. The van der Waals surface area contributed by atoms with Gasteiger partial charge in [-0.3, -0.25) is 0 Å². The molecule has 0 amide bonds. The number of rotatable bonds is 5. The Kier molecular flexibility index (Phi) is 4.73. The molecule has 2 aromatic carbocycles. The van der Waals surface area contributed by atoms with Gasteiger partial charge in [0.2, 0.25) is 10.0 Å². The summed E-state index contributed by atoms with van der Waals surface area (Å²) in [5.74, 6) is 0.635. The fraction of sp³-hybridized carbons (Fsp3) is 0.235. The van der Waals surface area contributed by atoms with Crippen molar-refractivity contribution in [2.45, 2.75) is 24.3 Å². The minimum atomic E-state index is -3.81. The number of nitrogens with one attached hydrogen (secondary N) is 1. The highest BCUT2D eigenvalue weighted by Crippen LogP contribution is 2.25. The van der Waals surface area contributed by atoms with Gasteiger partial charge in [-0.2, -0.15) is 9.98 Å². The van der Waals surface area contributed by atoms with E-state index in [2.05, 4.69) is 4.72 Å². The third-order valence-corrected chi connectivity index (χ3v) is 5.13. The first kappa shape index (κ1) is 17.0. The smallest absolute Gasteiger partial charge is 0.242 e. The van der Waals surface area contributed by atoms with E-state index < -0.39 is 15.6 Å². The lowest BCUT2D eigenvalue weighted by molar-refractivity contribution is 0.414. The van der Waals surface area contributed by atoms with E-state index >= 15 is 0 Å². The highest BCUT2D eigenvalue weighted by Gasteiger charge is 2.32. The second-order valence-corrected chi connectivity index (χ2v) is 7.07. The van der Waals surface area contributed by atoms with E-state index in [0.717, 1.165) is 5.56 Å². The molecule has 0 fully saturated rings. The van der Waals surface area contributed by atoms with Gasteiger partial charge in [-0.25, -0.2) is 8.42 Å². The highest BCUT2D eigenvalue weighted by molar-refractivity contribution is 7.89. The lowest BCUT2D eigenvalue weighted by Crippen LogP contribution is -2.42. The Bertz CT molecular complexity index is 822. The third-order valence-electron chi connectivity index (χ3n) is 3.56. The normalized spacial score (nSPS) is 13.8. The molecule has 0 aliphatic carbocycles. The predicted octanol–water partition coefficient (Wildman–Crippen LogP) is 2.72. The van der Waals surface area contributed by atoms with Crippen molar-refractivity contribution in [3.05, 3.63) is 59.7 Å². The number of hydrogen-bond acceptors (Lipinski definition) is 4. The topological polar surface area (TPSA) is 79.2 Å². The Hall–Kier alpha value is -2.36. The predicted molar refractivity (Wildman–Crippen MR) is 87.5 cm³/mol. The van der Waals surface area contributed by atoms with Crippen LogP contribution in [0.5, 0.6) is 5.75 Å². The van der Waals surface area contributed by atoms with Crippen LogP contribution in [0.3, 0.4) is 0 Å². The van der Waals surface area contributed by atoms with Crippen LogP contribution in [0.15, 0.2) is 53.4 Å². The molecule has 6 heteroatoms. The van der Waals surface area contributed by atoms with E-state index in [1.807, 2.05) is 13.0 Å². The number of hydrogen-bond donors (Lipinski definition) is 1. The molecule has 2 rings (SSSR count). The average molecular weight is 330 g/mol. The van der Waals surface area contributed by atoms with E-state index in [9.17, 15) is 13.7 Å². The molecule has 0 saturated carbocycles. The van der Waals surface area contributed by atoms with Crippen LogP contribution in [-0.2, 0) is 15.6 Å². The van der Waals surface area contributed by atoms with Crippen molar-refractivity contribution in [2.24, 2.45) is 0 Å². The lowest BCUT2D eigenvalue weighted by atomic mass is 9.95. The highest BCUT2D eigenvalue weighted by atomic mass is 32.2. The monoisotopic (exact) mass is 330 g/mol. The molecule has 1 atom stereocenters. The van der Waals surface area contributed by atoms with Crippen LogP contribution in [-0.4, -0.2) is 15.5 Å². The van der Waals surface area contributed by atoms with Crippen LogP contribution in [0.2, 0.25) is 0 Å². The number of benzene rings is 2. The van der Waals surface area contributed by atoms with Gasteiger partial charge in [-0.1, -0.05) is 29.8 Å². The van der Waals surface area contributed by atoms with Gasteiger partial charge < -0.3 is 4.74 Å². The Labute approximate surface area is 136 Å². The van der Waals surface area contributed by atoms with Gasteiger partial charge in [0, 0.05) is 0 Å². The fourth-order valence-corrected chi connectivity index (χ4v) is 3.43. The molecule has 0 unspecified atom stereocenters. The van der Waals surface area contributed by atoms with Crippen LogP contribution >= 0.6 is 0 Å². The number of ether oxygens (including phenoxy) is 1. The molecular formula is C17H18N2O3S. The summed E-state index contributed by atoms with van der Waals surface area (Å²) in [4.78, 5) is 0.123. The fourth-order valence-electron chi connectivity index (χ4n) is 2.12. The summed E-state index contributed by atoms with van der Waals surface area (Å²) in [6.45, 7) is 3.40. The van der Waals surface area contributed by atoms with Crippen molar-refractivity contribution >= 4 is 10.0 Å². The molecule has 0 heterocycles. The Morgan fingerprint density at radius 1 is 1.09 bits per heavy atom. The maximum atomic E-state index is 12.5. The maximum absolute atomic E-state index is 12.5. The van der Waals surface area contributed by atoms with Crippen molar-refractivity contribution in [3.8, 4) is 11.8 Å². The zero-order chi connectivity index (χ0) is 17.1. The van der Waals surface area contributed by atoms with E-state index in [4.69, 9.17) is 4.74 Å². The maximum Gasteiger partial charge on any atom is 0.242 e. The van der Waals surface area contributed by atoms with Crippen molar-refractivity contribution in [1.82, 2.24) is 4.72 Å². The summed E-state index contributed by atoms with van der Waals surface area (Å²) in [7, 11) is -2.27. The SMILES string of the molecule is COc1ccc([C@](C)(C#N)NS(=O)(=O)c2ccc(C)cc2)cc1. The summed E-state index contributed by atoms with van der Waals surface area (Å²) in [6.07, 6.45) is 0. The minimum Gasteiger partial charge on any atom is -0.497 e. The van der Waals surface area contributed by atoms with Gasteiger partial charge in [0.15, 0.2) is 0 Å². The number of methoxy groups -OCH3 is 1. The summed E-state index contributed by atoms with van der Waals surface area (Å²) >= 11 is 0. The molecule has 5 nitrogen and oxygen atoms in total. The summed E-state index contributed by atoms with van der Waals surface area (Å²) in [5.41, 5.74) is 0.120. The largest absolute Gasteiger partial charge is 0.497 e. The molecule has 0 spiro atoms. The average Bonchev–Trinajstić information content (AvgIpc) is 2.55. The van der Waals surface area contributed by atoms with Gasteiger partial charge in [0.05, 0.1) is 18.1 Å². The second-order valence-electron chi connectivity index (χ2n) is 5.38. The van der Waals surface area contributed by atoms with Gasteiger partial charge in [0.25, 0.3) is 0 Å². The standard InChI is InChI=1S/C17H18N2O3S/c1-13-4-10-16(11-5-13)23(20,21)19-17(2,12-18)14-6-8-15(22-3)9-7-14/h4-11,19H,1-3H3/t17-/m0/s1. The van der Waals surface area contributed by atoms with E-state index in [-0.39, 0.29) is 4.90 Å². The second kappa shape index (κ2) is 6.41.